The Morgan fingerprint density at radius 1 is 1.30 bits per heavy atom. The minimum absolute atomic E-state index is 0.449. The Kier molecular flexibility index (Phi) is 3.78. The molecule has 20 heavy (non-hydrogen) atoms. The maximum Gasteiger partial charge on any atom is 0.226 e. The lowest BCUT2D eigenvalue weighted by Crippen LogP contribution is -2.33. The summed E-state index contributed by atoms with van der Waals surface area (Å²) in [7, 11) is 0. The van der Waals surface area contributed by atoms with Crippen LogP contribution in [0.4, 0.5) is 11.8 Å². The van der Waals surface area contributed by atoms with Gasteiger partial charge in [-0.2, -0.15) is 4.98 Å². The minimum atomic E-state index is 0.449. The van der Waals surface area contributed by atoms with E-state index in [1.54, 1.807) is 11.3 Å². The molecule has 0 spiro atoms. The van der Waals surface area contributed by atoms with Crippen LogP contribution in [0.15, 0.2) is 11.4 Å². The van der Waals surface area contributed by atoms with Crippen LogP contribution in [0.2, 0.25) is 0 Å². The van der Waals surface area contributed by atoms with Crippen molar-refractivity contribution < 1.29 is 0 Å². The number of hydrogen-bond donors (Lipinski definition) is 2. The van der Waals surface area contributed by atoms with Crippen LogP contribution in [0.25, 0.3) is 10.2 Å². The van der Waals surface area contributed by atoms with Crippen LogP contribution >= 0.6 is 11.3 Å². The van der Waals surface area contributed by atoms with Crippen LogP contribution in [-0.4, -0.2) is 23.1 Å². The van der Waals surface area contributed by atoms with Gasteiger partial charge in [0, 0.05) is 13.1 Å². The maximum atomic E-state index is 4.65. The largest absolute Gasteiger partial charge is 0.369 e. The molecule has 108 valence electrons. The number of anilines is 2. The van der Waals surface area contributed by atoms with Crippen molar-refractivity contribution in [2.45, 2.75) is 39.5 Å². The van der Waals surface area contributed by atoms with E-state index in [4.69, 9.17) is 0 Å². The number of aromatic nitrogens is 2. The first kappa shape index (κ1) is 13.6. The second kappa shape index (κ2) is 5.56. The smallest absolute Gasteiger partial charge is 0.226 e. The van der Waals surface area contributed by atoms with Crippen LogP contribution in [0.1, 0.15) is 39.5 Å². The van der Waals surface area contributed by atoms with Gasteiger partial charge < -0.3 is 10.6 Å². The summed E-state index contributed by atoms with van der Waals surface area (Å²) in [5.74, 6) is 1.71. The first-order chi connectivity index (χ1) is 9.70. The molecule has 1 aliphatic carbocycles. The highest BCUT2D eigenvalue weighted by molar-refractivity contribution is 7.16. The lowest BCUT2D eigenvalue weighted by Gasteiger charge is -2.38. The Morgan fingerprint density at radius 2 is 2.15 bits per heavy atom. The summed E-state index contributed by atoms with van der Waals surface area (Å²) in [6.07, 6.45) is 5.07. The van der Waals surface area contributed by atoms with Crippen molar-refractivity contribution >= 4 is 33.3 Å². The fourth-order valence-electron chi connectivity index (χ4n) is 2.56. The zero-order valence-corrected chi connectivity index (χ0v) is 13.0. The highest BCUT2D eigenvalue weighted by Crippen LogP contribution is 2.40. The molecule has 0 radical (unpaired) electrons. The van der Waals surface area contributed by atoms with Crippen molar-refractivity contribution in [1.82, 2.24) is 9.97 Å². The van der Waals surface area contributed by atoms with Gasteiger partial charge in [0.25, 0.3) is 0 Å². The van der Waals surface area contributed by atoms with Crippen LogP contribution in [0.5, 0.6) is 0 Å². The Morgan fingerprint density at radius 3 is 2.85 bits per heavy atom. The molecular weight excluding hydrogens is 268 g/mol. The third-order valence-electron chi connectivity index (χ3n) is 4.10. The van der Waals surface area contributed by atoms with Gasteiger partial charge >= 0.3 is 0 Å². The molecule has 0 atom stereocenters. The molecule has 2 N–H and O–H groups in total. The second-order valence-corrected chi connectivity index (χ2v) is 6.87. The third kappa shape index (κ3) is 2.73. The van der Waals surface area contributed by atoms with Crippen molar-refractivity contribution in [3.05, 3.63) is 11.4 Å². The van der Waals surface area contributed by atoms with E-state index in [0.717, 1.165) is 41.5 Å². The molecule has 0 aromatic carbocycles. The Labute approximate surface area is 124 Å². The molecule has 0 saturated heterocycles. The molecule has 2 aromatic rings. The molecule has 1 fully saturated rings. The van der Waals surface area contributed by atoms with Gasteiger partial charge in [-0.1, -0.05) is 20.3 Å². The van der Waals surface area contributed by atoms with Crippen molar-refractivity contribution in [2.75, 3.05) is 23.7 Å². The molecule has 0 bridgehead atoms. The molecule has 0 amide bonds. The summed E-state index contributed by atoms with van der Waals surface area (Å²) in [5.41, 5.74) is 0.449. The van der Waals surface area contributed by atoms with E-state index in [9.17, 15) is 0 Å². The van der Waals surface area contributed by atoms with Gasteiger partial charge in [-0.25, -0.2) is 4.98 Å². The van der Waals surface area contributed by atoms with Crippen molar-refractivity contribution in [3.63, 3.8) is 0 Å². The van der Waals surface area contributed by atoms with Crippen LogP contribution in [0.3, 0.4) is 0 Å². The summed E-state index contributed by atoms with van der Waals surface area (Å²) >= 11 is 1.67. The van der Waals surface area contributed by atoms with E-state index < -0.39 is 0 Å². The topological polar surface area (TPSA) is 49.8 Å². The van der Waals surface area contributed by atoms with Gasteiger partial charge in [-0.15, -0.1) is 11.3 Å². The Bertz CT molecular complexity index is 589. The first-order valence-electron chi connectivity index (χ1n) is 7.43. The van der Waals surface area contributed by atoms with Gasteiger partial charge in [0.05, 0.1) is 5.39 Å². The van der Waals surface area contributed by atoms with Crippen molar-refractivity contribution in [2.24, 2.45) is 5.41 Å². The summed E-state index contributed by atoms with van der Waals surface area (Å²) in [4.78, 5) is 10.3. The predicted molar refractivity (Wildman–Crippen MR) is 86.6 cm³/mol. The number of fused-ring (bicyclic) bond motifs is 1. The van der Waals surface area contributed by atoms with Crippen molar-refractivity contribution in [1.29, 1.82) is 0 Å². The van der Waals surface area contributed by atoms with E-state index in [1.165, 1.54) is 19.3 Å². The lowest BCUT2D eigenvalue weighted by atomic mass is 9.70. The highest BCUT2D eigenvalue weighted by atomic mass is 32.1. The molecule has 4 nitrogen and oxygen atoms in total. The van der Waals surface area contributed by atoms with E-state index in [1.807, 2.05) is 0 Å². The zero-order chi connectivity index (χ0) is 14.0. The number of nitrogens with one attached hydrogen (secondary N) is 2. The molecule has 5 heteroatoms. The summed E-state index contributed by atoms with van der Waals surface area (Å²) in [6.45, 7) is 6.41. The highest BCUT2D eigenvalue weighted by Gasteiger charge is 2.31. The number of rotatable bonds is 6. The van der Waals surface area contributed by atoms with Crippen molar-refractivity contribution in [3.8, 4) is 0 Å². The van der Waals surface area contributed by atoms with E-state index in [0.29, 0.717) is 5.41 Å². The molecule has 0 aliphatic heterocycles. The molecule has 1 aliphatic rings. The minimum Gasteiger partial charge on any atom is -0.369 e. The average Bonchev–Trinajstić information content (AvgIpc) is 2.88. The van der Waals surface area contributed by atoms with E-state index in [-0.39, 0.29) is 0 Å². The Hall–Kier alpha value is -1.36. The monoisotopic (exact) mass is 290 g/mol. The van der Waals surface area contributed by atoms with Gasteiger partial charge in [0.1, 0.15) is 10.6 Å². The SMILES string of the molecule is CCCNc1nc(NCC2(C)CCC2)c2ccsc2n1. The molecular formula is C15H22N4S. The zero-order valence-electron chi connectivity index (χ0n) is 12.2. The van der Waals surface area contributed by atoms with Crippen LogP contribution in [0, 0.1) is 5.41 Å². The van der Waals surface area contributed by atoms with Gasteiger partial charge in [0.2, 0.25) is 5.95 Å². The quantitative estimate of drug-likeness (QED) is 0.840. The van der Waals surface area contributed by atoms with Crippen LogP contribution < -0.4 is 10.6 Å². The molecule has 2 heterocycles. The standard InChI is InChI=1S/C15H22N4S/c1-3-8-16-14-18-12(11-5-9-20-13(11)19-14)17-10-15(2)6-4-7-15/h5,9H,3-4,6-8,10H2,1-2H3,(H2,16,17,18,19). The van der Waals surface area contributed by atoms with Gasteiger partial charge in [-0.3, -0.25) is 0 Å². The first-order valence-corrected chi connectivity index (χ1v) is 8.31. The van der Waals surface area contributed by atoms with E-state index >= 15 is 0 Å². The molecule has 3 rings (SSSR count). The molecule has 1 saturated carbocycles. The molecule has 2 aromatic heterocycles. The maximum absolute atomic E-state index is 4.65. The number of hydrogen-bond acceptors (Lipinski definition) is 5. The average molecular weight is 290 g/mol. The molecule has 0 unspecified atom stereocenters. The van der Waals surface area contributed by atoms with Gasteiger partial charge in [0.15, 0.2) is 0 Å². The van der Waals surface area contributed by atoms with E-state index in [2.05, 4.69) is 45.9 Å². The number of thiophene rings is 1. The lowest BCUT2D eigenvalue weighted by molar-refractivity contribution is 0.180. The summed E-state index contributed by atoms with van der Waals surface area (Å²) in [6, 6.07) is 2.11. The van der Waals surface area contributed by atoms with Crippen LogP contribution in [-0.2, 0) is 0 Å². The Balaban J connectivity index is 1.81. The second-order valence-electron chi connectivity index (χ2n) is 5.98. The number of nitrogens with zero attached hydrogens (tertiary/aromatic N) is 2. The fraction of sp³-hybridized carbons (Fsp3) is 0.600. The summed E-state index contributed by atoms with van der Waals surface area (Å²) in [5, 5.41) is 10.1. The summed E-state index contributed by atoms with van der Waals surface area (Å²) < 4.78 is 0. The predicted octanol–water partition coefficient (Wildman–Crippen LogP) is 4.12. The fourth-order valence-corrected chi connectivity index (χ4v) is 3.32. The third-order valence-corrected chi connectivity index (χ3v) is 4.91. The normalized spacial score (nSPS) is 16.9. The van der Waals surface area contributed by atoms with Gasteiger partial charge in [-0.05, 0) is 36.1 Å².